The molecule has 0 saturated heterocycles. The van der Waals surface area contributed by atoms with Crippen molar-refractivity contribution >= 4 is 5.91 Å². The molecule has 0 atom stereocenters. The standard InChI is InChI=1S/C14H18N2O2/c1-14(2,10-15)13(17)16-9-8-11-6-4-5-7-12(11)18-3/h4-7H,8-9H2,1-3H3,(H,16,17). The first-order valence-corrected chi connectivity index (χ1v) is 5.82. The maximum atomic E-state index is 11.7. The van der Waals surface area contributed by atoms with Gasteiger partial charge in [-0.2, -0.15) is 5.26 Å². The Balaban J connectivity index is 2.53. The quantitative estimate of drug-likeness (QED) is 0.863. The molecule has 4 heteroatoms. The van der Waals surface area contributed by atoms with Gasteiger partial charge in [0.1, 0.15) is 11.2 Å². The largest absolute Gasteiger partial charge is 0.496 e. The fourth-order valence-corrected chi connectivity index (χ4v) is 1.49. The van der Waals surface area contributed by atoms with E-state index in [2.05, 4.69) is 5.32 Å². The highest BCUT2D eigenvalue weighted by atomic mass is 16.5. The predicted molar refractivity (Wildman–Crippen MR) is 69.1 cm³/mol. The van der Waals surface area contributed by atoms with E-state index in [1.54, 1.807) is 21.0 Å². The average molecular weight is 246 g/mol. The number of nitrogens with one attached hydrogen (secondary N) is 1. The zero-order chi connectivity index (χ0) is 13.6. The number of benzene rings is 1. The highest BCUT2D eigenvalue weighted by molar-refractivity contribution is 5.84. The lowest BCUT2D eigenvalue weighted by atomic mass is 9.95. The Kier molecular flexibility index (Phi) is 4.73. The van der Waals surface area contributed by atoms with Crippen LogP contribution in [0.5, 0.6) is 5.75 Å². The van der Waals surface area contributed by atoms with Gasteiger partial charge < -0.3 is 10.1 Å². The molecule has 0 aromatic heterocycles. The first-order chi connectivity index (χ1) is 8.51. The molecule has 0 saturated carbocycles. The van der Waals surface area contributed by atoms with E-state index in [-0.39, 0.29) is 5.91 Å². The number of hydrogen-bond acceptors (Lipinski definition) is 3. The number of nitrogens with zero attached hydrogens (tertiary/aromatic N) is 1. The fourth-order valence-electron chi connectivity index (χ4n) is 1.49. The van der Waals surface area contributed by atoms with E-state index in [4.69, 9.17) is 10.00 Å². The molecule has 0 aliphatic carbocycles. The highest BCUT2D eigenvalue weighted by Gasteiger charge is 2.26. The second kappa shape index (κ2) is 6.06. The molecule has 0 bridgehead atoms. The Morgan fingerprint density at radius 1 is 1.44 bits per heavy atom. The smallest absolute Gasteiger partial charge is 0.239 e. The number of para-hydroxylation sites is 1. The number of amides is 1. The van der Waals surface area contributed by atoms with Crippen molar-refractivity contribution in [3.8, 4) is 11.8 Å². The molecule has 0 radical (unpaired) electrons. The van der Waals surface area contributed by atoms with Gasteiger partial charge in [0.2, 0.25) is 5.91 Å². The lowest BCUT2D eigenvalue weighted by Gasteiger charge is -2.15. The summed E-state index contributed by atoms with van der Waals surface area (Å²) in [5.74, 6) is 0.561. The summed E-state index contributed by atoms with van der Waals surface area (Å²) in [6.07, 6.45) is 0.678. The van der Waals surface area contributed by atoms with E-state index in [1.807, 2.05) is 30.3 Å². The van der Waals surface area contributed by atoms with E-state index in [0.717, 1.165) is 11.3 Å². The number of methoxy groups -OCH3 is 1. The summed E-state index contributed by atoms with van der Waals surface area (Å²) in [4.78, 5) is 11.7. The molecule has 0 unspecified atom stereocenters. The van der Waals surface area contributed by atoms with Crippen LogP contribution in [0.25, 0.3) is 0 Å². The minimum atomic E-state index is -0.985. The number of rotatable bonds is 5. The SMILES string of the molecule is COc1ccccc1CCNC(=O)C(C)(C)C#N. The lowest BCUT2D eigenvalue weighted by Crippen LogP contribution is -2.37. The minimum absolute atomic E-state index is 0.250. The van der Waals surface area contributed by atoms with Crippen LogP contribution in [0.2, 0.25) is 0 Å². The maximum Gasteiger partial charge on any atom is 0.239 e. The monoisotopic (exact) mass is 246 g/mol. The average Bonchev–Trinajstić information content (AvgIpc) is 2.39. The molecule has 18 heavy (non-hydrogen) atoms. The van der Waals surface area contributed by atoms with Gasteiger partial charge in [-0.1, -0.05) is 18.2 Å². The highest BCUT2D eigenvalue weighted by Crippen LogP contribution is 2.17. The summed E-state index contributed by atoms with van der Waals surface area (Å²) in [6.45, 7) is 3.70. The van der Waals surface area contributed by atoms with Crippen molar-refractivity contribution in [2.45, 2.75) is 20.3 Å². The lowest BCUT2D eigenvalue weighted by molar-refractivity contribution is -0.126. The summed E-state index contributed by atoms with van der Waals surface area (Å²) < 4.78 is 5.23. The number of hydrogen-bond donors (Lipinski definition) is 1. The molecule has 1 aromatic rings. The number of carbonyl (C=O) groups is 1. The summed E-state index contributed by atoms with van der Waals surface area (Å²) in [6, 6.07) is 9.65. The van der Waals surface area contributed by atoms with Gasteiger partial charge in [-0.15, -0.1) is 0 Å². The van der Waals surface area contributed by atoms with Gasteiger partial charge in [0.05, 0.1) is 13.2 Å². The molecule has 0 aliphatic heterocycles. The van der Waals surface area contributed by atoms with Crippen LogP contribution in [0.1, 0.15) is 19.4 Å². The van der Waals surface area contributed by atoms with Gasteiger partial charge >= 0.3 is 0 Å². The van der Waals surface area contributed by atoms with Crippen LogP contribution in [-0.4, -0.2) is 19.6 Å². The van der Waals surface area contributed by atoms with Crippen LogP contribution in [0.15, 0.2) is 24.3 Å². The number of nitriles is 1. The van der Waals surface area contributed by atoms with Crippen molar-refractivity contribution in [1.82, 2.24) is 5.32 Å². The van der Waals surface area contributed by atoms with Gasteiger partial charge in [0, 0.05) is 6.54 Å². The molecular formula is C14H18N2O2. The molecule has 4 nitrogen and oxygen atoms in total. The van der Waals surface area contributed by atoms with Crippen LogP contribution in [-0.2, 0) is 11.2 Å². The van der Waals surface area contributed by atoms with E-state index in [9.17, 15) is 4.79 Å². The van der Waals surface area contributed by atoms with Gasteiger partial charge in [0.25, 0.3) is 0 Å². The third-order valence-electron chi connectivity index (χ3n) is 2.72. The van der Waals surface area contributed by atoms with E-state index in [1.165, 1.54) is 0 Å². The zero-order valence-electron chi connectivity index (χ0n) is 11.0. The second-order valence-corrected chi connectivity index (χ2v) is 4.55. The predicted octanol–water partition coefficient (Wildman–Crippen LogP) is 1.90. The van der Waals surface area contributed by atoms with Gasteiger partial charge in [-0.25, -0.2) is 0 Å². The van der Waals surface area contributed by atoms with Crippen LogP contribution < -0.4 is 10.1 Å². The second-order valence-electron chi connectivity index (χ2n) is 4.55. The van der Waals surface area contributed by atoms with E-state index >= 15 is 0 Å². The molecule has 1 N–H and O–H groups in total. The Labute approximate surface area is 108 Å². The van der Waals surface area contributed by atoms with Crippen molar-refractivity contribution < 1.29 is 9.53 Å². The molecule has 96 valence electrons. The topological polar surface area (TPSA) is 62.1 Å². The normalized spacial score (nSPS) is 10.6. The summed E-state index contributed by atoms with van der Waals surface area (Å²) >= 11 is 0. The van der Waals surface area contributed by atoms with Crippen molar-refractivity contribution in [2.24, 2.45) is 5.41 Å². The maximum absolute atomic E-state index is 11.7. The molecule has 0 spiro atoms. The van der Waals surface area contributed by atoms with Gasteiger partial charge in [-0.3, -0.25) is 4.79 Å². The van der Waals surface area contributed by atoms with Crippen molar-refractivity contribution in [1.29, 1.82) is 5.26 Å². The third-order valence-corrected chi connectivity index (χ3v) is 2.72. The minimum Gasteiger partial charge on any atom is -0.496 e. The fraction of sp³-hybridized carbons (Fsp3) is 0.429. The number of ether oxygens (including phenoxy) is 1. The molecule has 1 aromatic carbocycles. The molecule has 1 rings (SSSR count). The van der Waals surface area contributed by atoms with Gasteiger partial charge in [0.15, 0.2) is 0 Å². The Hall–Kier alpha value is -2.02. The molecule has 0 fully saturated rings. The van der Waals surface area contributed by atoms with Crippen LogP contribution in [0.4, 0.5) is 0 Å². The first-order valence-electron chi connectivity index (χ1n) is 5.82. The van der Waals surface area contributed by atoms with E-state index < -0.39 is 5.41 Å². The molecule has 0 aliphatic rings. The van der Waals surface area contributed by atoms with E-state index in [0.29, 0.717) is 13.0 Å². The van der Waals surface area contributed by atoms with Crippen LogP contribution in [0, 0.1) is 16.7 Å². The first kappa shape index (κ1) is 14.0. The summed E-state index contributed by atoms with van der Waals surface area (Å²) in [5, 5.41) is 11.6. The Morgan fingerprint density at radius 3 is 2.72 bits per heavy atom. The third kappa shape index (κ3) is 3.49. The molecule has 1 amide bonds. The number of carbonyl (C=O) groups excluding carboxylic acids is 1. The van der Waals surface area contributed by atoms with Crippen molar-refractivity contribution in [3.05, 3.63) is 29.8 Å². The molecule has 0 heterocycles. The zero-order valence-corrected chi connectivity index (χ0v) is 11.0. The van der Waals surface area contributed by atoms with Crippen LogP contribution >= 0.6 is 0 Å². The molecular weight excluding hydrogens is 228 g/mol. The Morgan fingerprint density at radius 2 is 2.11 bits per heavy atom. The van der Waals surface area contributed by atoms with Crippen molar-refractivity contribution in [3.63, 3.8) is 0 Å². The Bertz CT molecular complexity index is 461. The summed E-state index contributed by atoms with van der Waals surface area (Å²) in [5.41, 5.74) is 0.0518. The van der Waals surface area contributed by atoms with Crippen molar-refractivity contribution in [2.75, 3.05) is 13.7 Å². The summed E-state index contributed by atoms with van der Waals surface area (Å²) in [7, 11) is 1.62. The van der Waals surface area contributed by atoms with Crippen LogP contribution in [0.3, 0.4) is 0 Å². The van der Waals surface area contributed by atoms with Gasteiger partial charge in [-0.05, 0) is 31.9 Å².